The molecule has 0 radical (unpaired) electrons. The van der Waals surface area contributed by atoms with Gasteiger partial charge in [-0.05, 0) is 79.8 Å². The fourth-order valence-corrected chi connectivity index (χ4v) is 5.14. The van der Waals surface area contributed by atoms with Gasteiger partial charge in [-0.25, -0.2) is 4.68 Å². The van der Waals surface area contributed by atoms with E-state index in [1.165, 1.54) is 6.42 Å². The summed E-state index contributed by atoms with van der Waals surface area (Å²) >= 11 is 0. The van der Waals surface area contributed by atoms with E-state index in [1.54, 1.807) is 0 Å². The highest BCUT2D eigenvalue weighted by Crippen LogP contribution is 2.32. The number of benzene rings is 1. The number of pyridine rings is 1. The van der Waals surface area contributed by atoms with Gasteiger partial charge in [0.05, 0.1) is 19.3 Å². The molecular formula is C24H32N6O3. The van der Waals surface area contributed by atoms with Crippen molar-refractivity contribution in [2.45, 2.75) is 58.2 Å². The smallest absolute Gasteiger partial charge is 0.253 e. The van der Waals surface area contributed by atoms with Gasteiger partial charge < -0.3 is 14.5 Å². The highest BCUT2D eigenvalue weighted by Gasteiger charge is 2.33. The number of aromatic amines is 1. The Bertz CT molecular complexity index is 1150. The molecule has 5 rings (SSSR count). The Kier molecular flexibility index (Phi) is 6.41. The number of rotatable bonds is 7. The van der Waals surface area contributed by atoms with Crippen LogP contribution in [0.2, 0.25) is 0 Å². The lowest BCUT2D eigenvalue weighted by atomic mass is 9.95. The van der Waals surface area contributed by atoms with E-state index >= 15 is 0 Å². The predicted molar refractivity (Wildman–Crippen MR) is 124 cm³/mol. The summed E-state index contributed by atoms with van der Waals surface area (Å²) < 4.78 is 13.4. The maximum Gasteiger partial charge on any atom is 0.253 e. The molecule has 9 heteroatoms. The van der Waals surface area contributed by atoms with Crippen LogP contribution in [0.4, 0.5) is 0 Å². The number of hydrogen-bond donors (Lipinski definition) is 1. The molecule has 9 nitrogen and oxygen atoms in total. The van der Waals surface area contributed by atoms with E-state index < -0.39 is 0 Å². The molecule has 0 saturated carbocycles. The van der Waals surface area contributed by atoms with E-state index in [2.05, 4.69) is 32.3 Å². The van der Waals surface area contributed by atoms with Crippen LogP contribution in [0.15, 0.2) is 29.1 Å². The lowest BCUT2D eigenvalue weighted by molar-refractivity contribution is 0.0889. The van der Waals surface area contributed by atoms with Crippen LogP contribution in [-0.2, 0) is 11.3 Å². The van der Waals surface area contributed by atoms with E-state index in [0.29, 0.717) is 30.5 Å². The summed E-state index contributed by atoms with van der Waals surface area (Å²) in [6.07, 6.45) is 4.45. The molecule has 1 N–H and O–H groups in total. The molecule has 2 fully saturated rings. The summed E-state index contributed by atoms with van der Waals surface area (Å²) in [7, 11) is 0. The zero-order valence-corrected chi connectivity index (χ0v) is 19.4. The van der Waals surface area contributed by atoms with Gasteiger partial charge in [0, 0.05) is 29.6 Å². The minimum atomic E-state index is -0.326. The molecule has 0 amide bonds. The van der Waals surface area contributed by atoms with Gasteiger partial charge in [-0.2, -0.15) is 0 Å². The largest absolute Gasteiger partial charge is 0.494 e. The van der Waals surface area contributed by atoms with Gasteiger partial charge >= 0.3 is 0 Å². The SMILES string of the molecule is CCOc1ccc2[nH]c(=O)c(C(c3nnnn3CC3CCCO3)N3CCCC(C)C3)cc2c1. The molecular weight excluding hydrogens is 420 g/mol. The normalized spacial score (nSPS) is 22.6. The van der Waals surface area contributed by atoms with Crippen LogP contribution >= 0.6 is 0 Å². The minimum absolute atomic E-state index is 0.108. The van der Waals surface area contributed by atoms with E-state index in [4.69, 9.17) is 9.47 Å². The maximum absolute atomic E-state index is 13.3. The number of piperidine rings is 1. The number of H-pyrrole nitrogens is 1. The molecule has 3 unspecified atom stereocenters. The second-order valence-corrected chi connectivity index (χ2v) is 9.23. The molecule has 2 aliphatic rings. The molecule has 0 aliphatic carbocycles. The Morgan fingerprint density at radius 1 is 1.27 bits per heavy atom. The number of hydrogen-bond acceptors (Lipinski definition) is 7. The number of nitrogens with one attached hydrogen (secondary N) is 1. The summed E-state index contributed by atoms with van der Waals surface area (Å²) in [6, 6.07) is 7.40. The van der Waals surface area contributed by atoms with Gasteiger partial charge in [0.2, 0.25) is 0 Å². The Hall–Kier alpha value is -2.78. The molecule has 176 valence electrons. The Labute approximate surface area is 193 Å². The maximum atomic E-state index is 13.3. The van der Waals surface area contributed by atoms with Gasteiger partial charge in [0.1, 0.15) is 11.8 Å². The van der Waals surface area contributed by atoms with E-state index in [-0.39, 0.29) is 17.7 Å². The third-order valence-corrected chi connectivity index (χ3v) is 6.71. The second kappa shape index (κ2) is 9.61. The van der Waals surface area contributed by atoms with Gasteiger partial charge in [0.15, 0.2) is 5.82 Å². The van der Waals surface area contributed by atoms with Crippen LogP contribution in [0, 0.1) is 5.92 Å². The molecule has 3 aromatic rings. The van der Waals surface area contributed by atoms with Crippen LogP contribution in [0.1, 0.15) is 57.0 Å². The Morgan fingerprint density at radius 2 is 2.18 bits per heavy atom. The average molecular weight is 453 g/mol. The third-order valence-electron chi connectivity index (χ3n) is 6.71. The fourth-order valence-electron chi connectivity index (χ4n) is 5.14. The first kappa shape index (κ1) is 22.0. The van der Waals surface area contributed by atoms with E-state index in [9.17, 15) is 4.79 Å². The van der Waals surface area contributed by atoms with Crippen molar-refractivity contribution in [2.75, 3.05) is 26.3 Å². The van der Waals surface area contributed by atoms with E-state index in [0.717, 1.165) is 55.6 Å². The quantitative estimate of drug-likeness (QED) is 0.588. The van der Waals surface area contributed by atoms with Gasteiger partial charge in [-0.3, -0.25) is 9.69 Å². The van der Waals surface area contributed by atoms with Crippen molar-refractivity contribution in [3.8, 4) is 5.75 Å². The average Bonchev–Trinajstić information content (AvgIpc) is 3.48. The first-order chi connectivity index (χ1) is 16.1. The summed E-state index contributed by atoms with van der Waals surface area (Å²) in [5.41, 5.74) is 1.34. The highest BCUT2D eigenvalue weighted by molar-refractivity contribution is 5.80. The van der Waals surface area contributed by atoms with Crippen molar-refractivity contribution in [1.29, 1.82) is 0 Å². The van der Waals surface area contributed by atoms with Crippen molar-refractivity contribution < 1.29 is 9.47 Å². The topological polar surface area (TPSA) is 98.2 Å². The van der Waals surface area contributed by atoms with Crippen molar-refractivity contribution >= 4 is 10.9 Å². The van der Waals surface area contributed by atoms with Crippen LogP contribution in [0.25, 0.3) is 10.9 Å². The van der Waals surface area contributed by atoms with Crippen molar-refractivity contribution in [1.82, 2.24) is 30.1 Å². The number of likely N-dealkylation sites (tertiary alicyclic amines) is 1. The number of aromatic nitrogens is 5. The zero-order valence-electron chi connectivity index (χ0n) is 19.4. The monoisotopic (exact) mass is 452 g/mol. The number of nitrogens with zero attached hydrogens (tertiary/aromatic N) is 5. The van der Waals surface area contributed by atoms with Crippen LogP contribution < -0.4 is 10.3 Å². The lowest BCUT2D eigenvalue weighted by Crippen LogP contribution is -2.41. The van der Waals surface area contributed by atoms with Gasteiger partial charge in [0.25, 0.3) is 5.56 Å². The molecule has 2 aromatic heterocycles. The molecule has 0 bridgehead atoms. The van der Waals surface area contributed by atoms with E-state index in [1.807, 2.05) is 35.9 Å². The number of ether oxygens (including phenoxy) is 2. The number of fused-ring (bicyclic) bond motifs is 1. The lowest BCUT2D eigenvalue weighted by Gasteiger charge is -2.36. The molecule has 2 aliphatic heterocycles. The zero-order chi connectivity index (χ0) is 22.8. The molecule has 1 aromatic carbocycles. The van der Waals surface area contributed by atoms with Gasteiger partial charge in [-0.15, -0.1) is 5.10 Å². The fraction of sp³-hybridized carbons (Fsp3) is 0.583. The second-order valence-electron chi connectivity index (χ2n) is 9.23. The van der Waals surface area contributed by atoms with Crippen molar-refractivity contribution in [2.24, 2.45) is 5.92 Å². The minimum Gasteiger partial charge on any atom is -0.494 e. The summed E-state index contributed by atoms with van der Waals surface area (Å²) in [4.78, 5) is 18.8. The number of tetrazole rings is 1. The van der Waals surface area contributed by atoms with Gasteiger partial charge in [-0.1, -0.05) is 6.92 Å². The van der Waals surface area contributed by atoms with Crippen molar-refractivity contribution in [3.05, 3.63) is 46.0 Å². The summed E-state index contributed by atoms with van der Waals surface area (Å²) in [6.45, 7) is 7.99. The molecule has 2 saturated heterocycles. The summed E-state index contributed by atoms with van der Waals surface area (Å²) in [5.74, 6) is 2.03. The predicted octanol–water partition coefficient (Wildman–Crippen LogP) is 2.91. The molecule has 33 heavy (non-hydrogen) atoms. The Balaban J connectivity index is 1.59. The summed E-state index contributed by atoms with van der Waals surface area (Å²) in [5, 5.41) is 13.7. The standard InChI is InChI=1S/C24H32N6O3/c1-3-32-18-8-9-21-17(12-18)13-20(24(31)25-21)22(29-10-4-6-16(2)14-29)23-26-27-28-30(23)15-19-7-5-11-33-19/h8-9,12-13,16,19,22H,3-7,10-11,14-15H2,1-2H3,(H,25,31). The first-order valence-electron chi connectivity index (χ1n) is 12.0. The highest BCUT2D eigenvalue weighted by atomic mass is 16.5. The van der Waals surface area contributed by atoms with Crippen molar-refractivity contribution in [3.63, 3.8) is 0 Å². The third kappa shape index (κ3) is 4.65. The molecule has 4 heterocycles. The van der Waals surface area contributed by atoms with Crippen LogP contribution in [-0.4, -0.2) is 62.5 Å². The Morgan fingerprint density at radius 3 is 2.97 bits per heavy atom. The molecule has 0 spiro atoms. The first-order valence-corrected chi connectivity index (χ1v) is 12.0. The molecule has 3 atom stereocenters. The van der Waals surface area contributed by atoms with Crippen LogP contribution in [0.3, 0.4) is 0 Å². The van der Waals surface area contributed by atoms with Crippen LogP contribution in [0.5, 0.6) is 5.75 Å².